The molecule has 0 heterocycles. The first-order valence-corrected chi connectivity index (χ1v) is 10.9. The molecule has 0 aliphatic heterocycles. The highest BCUT2D eigenvalue weighted by Crippen LogP contribution is 2.26. The van der Waals surface area contributed by atoms with Crippen LogP contribution in [0.1, 0.15) is 42.5 Å². The first-order chi connectivity index (χ1) is 13.3. The topological polar surface area (TPSA) is 139 Å². The molecule has 5 N–H and O–H groups in total. The van der Waals surface area contributed by atoms with Crippen molar-refractivity contribution in [2.45, 2.75) is 49.1 Å². The third kappa shape index (κ3) is 5.87. The lowest BCUT2D eigenvalue weighted by Crippen LogP contribution is -2.51. The average Bonchev–Trinajstić information content (AvgIpc) is 3.13. The smallest absolute Gasteiger partial charge is 0.308 e. The Morgan fingerprint density at radius 3 is 2.71 bits per heavy atom. The average molecular weight is 410 g/mol. The number of hydrogen-bond acceptors (Lipinski definition) is 5. The van der Waals surface area contributed by atoms with Crippen molar-refractivity contribution >= 4 is 28.6 Å². The number of benzene rings is 1. The van der Waals surface area contributed by atoms with E-state index in [0.29, 0.717) is 42.7 Å². The Morgan fingerprint density at radius 2 is 2.07 bits per heavy atom. The minimum absolute atomic E-state index is 0.308. The molecule has 0 saturated heterocycles. The second-order valence-corrected chi connectivity index (χ2v) is 8.31. The quantitative estimate of drug-likeness (QED) is 0.472. The first-order valence-electron chi connectivity index (χ1n) is 9.31. The molecule has 1 fully saturated rings. The van der Waals surface area contributed by atoms with E-state index in [1.54, 1.807) is 18.2 Å². The van der Waals surface area contributed by atoms with Crippen LogP contribution in [0.15, 0.2) is 29.2 Å². The Balaban J connectivity index is 2.08. The van der Waals surface area contributed by atoms with Crippen LogP contribution in [0.2, 0.25) is 0 Å². The summed E-state index contributed by atoms with van der Waals surface area (Å²) in [4.78, 5) is 37.1. The van der Waals surface area contributed by atoms with Gasteiger partial charge in [-0.05, 0) is 50.4 Å². The van der Waals surface area contributed by atoms with Crippen LogP contribution in [-0.2, 0) is 20.4 Å². The third-order valence-electron chi connectivity index (χ3n) is 4.91. The molecule has 0 spiro atoms. The van der Waals surface area contributed by atoms with Crippen molar-refractivity contribution in [3.05, 3.63) is 29.8 Å². The van der Waals surface area contributed by atoms with Crippen LogP contribution in [-0.4, -0.2) is 52.0 Å². The highest BCUT2D eigenvalue weighted by Gasteiger charge is 2.35. The predicted octanol–water partition coefficient (Wildman–Crippen LogP) is 0.631. The fourth-order valence-electron chi connectivity index (χ4n) is 3.36. The summed E-state index contributed by atoms with van der Waals surface area (Å²) in [6.45, 7) is 0.366. The van der Waals surface area contributed by atoms with Crippen molar-refractivity contribution in [3.63, 3.8) is 0 Å². The number of nitrogens with two attached hydrogens (primary N) is 1. The van der Waals surface area contributed by atoms with E-state index in [2.05, 4.69) is 10.6 Å². The molecular formula is C19H27N3O5S. The second kappa shape index (κ2) is 10.3. The molecule has 4 unspecified atom stereocenters. The summed E-state index contributed by atoms with van der Waals surface area (Å²) in [6, 6.07) is 5.16. The van der Waals surface area contributed by atoms with Crippen LogP contribution in [0.5, 0.6) is 0 Å². The molecular weight excluding hydrogens is 382 g/mol. The van der Waals surface area contributed by atoms with Gasteiger partial charge in [-0.1, -0.05) is 12.5 Å². The minimum atomic E-state index is -1.23. The number of carbonyl (C=O) groups excluding carboxylic acids is 2. The van der Waals surface area contributed by atoms with Gasteiger partial charge in [-0.15, -0.1) is 0 Å². The number of hydrogen-bond donors (Lipinski definition) is 4. The van der Waals surface area contributed by atoms with Crippen LogP contribution >= 0.6 is 0 Å². The molecule has 0 aromatic heterocycles. The van der Waals surface area contributed by atoms with Gasteiger partial charge in [0.25, 0.3) is 5.91 Å². The van der Waals surface area contributed by atoms with Gasteiger partial charge in [-0.25, -0.2) is 0 Å². The van der Waals surface area contributed by atoms with Gasteiger partial charge in [0.1, 0.15) is 6.04 Å². The molecule has 1 aliphatic rings. The van der Waals surface area contributed by atoms with Gasteiger partial charge >= 0.3 is 5.97 Å². The molecule has 8 nitrogen and oxygen atoms in total. The number of carboxylic acids is 1. The fraction of sp³-hybridized carbons (Fsp3) is 0.526. The Morgan fingerprint density at radius 1 is 1.32 bits per heavy atom. The van der Waals surface area contributed by atoms with E-state index in [-0.39, 0.29) is 0 Å². The van der Waals surface area contributed by atoms with Crippen LogP contribution < -0.4 is 16.4 Å². The van der Waals surface area contributed by atoms with E-state index in [1.165, 1.54) is 12.3 Å². The lowest BCUT2D eigenvalue weighted by atomic mass is 10.0. The molecule has 4 atom stereocenters. The van der Waals surface area contributed by atoms with E-state index in [1.807, 2.05) is 0 Å². The fourth-order valence-corrected chi connectivity index (χ4v) is 3.92. The first kappa shape index (κ1) is 22.0. The van der Waals surface area contributed by atoms with E-state index in [0.717, 1.165) is 6.42 Å². The third-order valence-corrected chi connectivity index (χ3v) is 5.83. The van der Waals surface area contributed by atoms with Gasteiger partial charge in [0, 0.05) is 33.6 Å². The van der Waals surface area contributed by atoms with Crippen LogP contribution in [0.25, 0.3) is 0 Å². The number of amides is 2. The molecule has 1 aromatic rings. The monoisotopic (exact) mass is 409 g/mol. The molecule has 28 heavy (non-hydrogen) atoms. The molecule has 1 aliphatic carbocycles. The number of rotatable bonds is 9. The van der Waals surface area contributed by atoms with Crippen molar-refractivity contribution in [2.24, 2.45) is 11.7 Å². The second-order valence-electron chi connectivity index (χ2n) is 6.93. The SMILES string of the molecule is CS(=O)c1cccc(C(=O)NC(CCCN)C(=O)NC2CCCC2C(=O)O)c1. The molecule has 9 heteroatoms. The van der Waals surface area contributed by atoms with E-state index in [9.17, 15) is 23.7 Å². The lowest BCUT2D eigenvalue weighted by Gasteiger charge is -2.23. The number of carboxylic acid groups (broad SMARTS) is 1. The molecule has 0 bridgehead atoms. The zero-order valence-corrected chi connectivity index (χ0v) is 16.7. The van der Waals surface area contributed by atoms with Crippen molar-refractivity contribution in [1.82, 2.24) is 10.6 Å². The Hall–Kier alpha value is -2.26. The maximum absolute atomic E-state index is 12.7. The largest absolute Gasteiger partial charge is 0.481 e. The lowest BCUT2D eigenvalue weighted by molar-refractivity contribution is -0.142. The number of nitrogens with one attached hydrogen (secondary N) is 2. The number of aliphatic carboxylic acids is 1. The molecule has 0 radical (unpaired) electrons. The van der Waals surface area contributed by atoms with E-state index >= 15 is 0 Å². The van der Waals surface area contributed by atoms with Gasteiger partial charge in [0.2, 0.25) is 5.91 Å². The summed E-state index contributed by atoms with van der Waals surface area (Å²) in [6.07, 6.45) is 4.27. The zero-order chi connectivity index (χ0) is 20.7. The van der Waals surface area contributed by atoms with Gasteiger partial charge < -0.3 is 21.5 Å². The normalized spacial score (nSPS) is 20.9. The summed E-state index contributed by atoms with van der Waals surface area (Å²) >= 11 is 0. The zero-order valence-electron chi connectivity index (χ0n) is 15.8. The van der Waals surface area contributed by atoms with E-state index in [4.69, 9.17) is 5.73 Å². The summed E-state index contributed by atoms with van der Waals surface area (Å²) in [7, 11) is -1.23. The van der Waals surface area contributed by atoms with Gasteiger partial charge in [-0.2, -0.15) is 0 Å². The molecule has 2 amide bonds. The summed E-state index contributed by atoms with van der Waals surface area (Å²) in [5.41, 5.74) is 5.85. The standard InChI is InChI=1S/C19H27N3O5S/c1-28(27)13-6-2-5-12(11-13)17(23)22-16(9-4-10-20)18(24)21-15-8-3-7-14(15)19(25)26/h2,5-6,11,14-16H,3-4,7-10,20H2,1H3,(H,21,24)(H,22,23)(H,25,26). The predicted molar refractivity (Wildman–Crippen MR) is 105 cm³/mol. The molecule has 1 aromatic carbocycles. The highest BCUT2D eigenvalue weighted by atomic mass is 32.2. The van der Waals surface area contributed by atoms with Gasteiger partial charge in [0.15, 0.2) is 0 Å². The Kier molecular flexibility index (Phi) is 8.13. The Bertz CT molecular complexity index is 755. The summed E-state index contributed by atoms with van der Waals surface area (Å²) in [5.74, 6) is -2.39. The van der Waals surface area contributed by atoms with Crippen molar-refractivity contribution < 1.29 is 23.7 Å². The molecule has 154 valence electrons. The van der Waals surface area contributed by atoms with Crippen molar-refractivity contribution in [3.8, 4) is 0 Å². The minimum Gasteiger partial charge on any atom is -0.481 e. The van der Waals surface area contributed by atoms with E-state index < -0.39 is 46.6 Å². The Labute approximate surface area is 166 Å². The van der Waals surface area contributed by atoms with Crippen LogP contribution in [0, 0.1) is 5.92 Å². The maximum Gasteiger partial charge on any atom is 0.308 e. The van der Waals surface area contributed by atoms with Crippen LogP contribution in [0.4, 0.5) is 0 Å². The van der Waals surface area contributed by atoms with Crippen LogP contribution in [0.3, 0.4) is 0 Å². The summed E-state index contributed by atoms with van der Waals surface area (Å²) < 4.78 is 11.6. The van der Waals surface area contributed by atoms with Crippen molar-refractivity contribution in [2.75, 3.05) is 12.8 Å². The summed E-state index contributed by atoms with van der Waals surface area (Å²) in [5, 5.41) is 14.8. The highest BCUT2D eigenvalue weighted by molar-refractivity contribution is 7.84. The van der Waals surface area contributed by atoms with Gasteiger partial charge in [0.05, 0.1) is 5.92 Å². The molecule has 1 saturated carbocycles. The molecule has 2 rings (SSSR count). The van der Waals surface area contributed by atoms with Crippen molar-refractivity contribution in [1.29, 1.82) is 0 Å². The maximum atomic E-state index is 12.7. The number of carbonyl (C=O) groups is 3. The van der Waals surface area contributed by atoms with Gasteiger partial charge in [-0.3, -0.25) is 18.6 Å².